The van der Waals surface area contributed by atoms with Crippen molar-refractivity contribution in [2.45, 2.75) is 63.5 Å². The molecule has 2 aromatic carbocycles. The lowest BCUT2D eigenvalue weighted by molar-refractivity contribution is -0.0724. The number of hydrogen-bond donors (Lipinski definition) is 4. The number of pyridine rings is 1. The van der Waals surface area contributed by atoms with E-state index in [0.717, 1.165) is 5.56 Å². The predicted octanol–water partition coefficient (Wildman–Crippen LogP) is 2.83. The van der Waals surface area contributed by atoms with Crippen LogP contribution < -0.4 is 19.5 Å². The van der Waals surface area contributed by atoms with Gasteiger partial charge in [0.25, 0.3) is 5.91 Å². The topological polar surface area (TPSA) is 161 Å². The summed E-state index contributed by atoms with van der Waals surface area (Å²) in [5, 5.41) is 47.6. The smallest absolute Gasteiger partial charge is 0.269 e. The van der Waals surface area contributed by atoms with Gasteiger partial charge in [-0.3, -0.25) is 19.6 Å². The van der Waals surface area contributed by atoms with Crippen LogP contribution in [0.4, 0.5) is 0 Å². The molecule has 1 amide bonds. The molecule has 4 heterocycles. The van der Waals surface area contributed by atoms with E-state index in [9.17, 15) is 25.4 Å². The van der Waals surface area contributed by atoms with Crippen molar-refractivity contribution in [1.82, 2.24) is 20.1 Å². The molecule has 1 aromatic heterocycles. The van der Waals surface area contributed by atoms with E-state index in [1.54, 1.807) is 39.3 Å². The number of aromatic hydroxyl groups is 2. The molecule has 46 heavy (non-hydrogen) atoms. The maximum absolute atomic E-state index is 13.3. The summed E-state index contributed by atoms with van der Waals surface area (Å²) < 4.78 is 17.5. The average Bonchev–Trinajstić information content (AvgIpc) is 3.05. The van der Waals surface area contributed by atoms with Gasteiger partial charge in [-0.05, 0) is 45.9 Å². The molecular formula is C34H39N5O7. The molecule has 0 unspecified atom stereocenters. The number of carbonyl (C=O) groups excluding carboxylic acids is 1. The molecule has 1 fully saturated rings. The number of aromatic nitrogens is 1. The lowest BCUT2D eigenvalue weighted by atomic mass is 9.71. The van der Waals surface area contributed by atoms with Gasteiger partial charge >= 0.3 is 0 Å². The molecule has 3 aromatic rings. The second-order valence-electron chi connectivity index (χ2n) is 12.1. The Bertz CT molecular complexity index is 1740. The molecule has 12 heteroatoms. The maximum Gasteiger partial charge on any atom is 0.269 e. The van der Waals surface area contributed by atoms with Crippen molar-refractivity contribution in [3.05, 3.63) is 69.0 Å². The molecule has 0 saturated carbocycles. The summed E-state index contributed by atoms with van der Waals surface area (Å²) >= 11 is 0. The van der Waals surface area contributed by atoms with Crippen LogP contribution in [0.3, 0.4) is 0 Å². The van der Waals surface area contributed by atoms with Crippen molar-refractivity contribution in [3.63, 3.8) is 0 Å². The Balaban J connectivity index is 1.59. The molecule has 4 N–H and O–H groups in total. The zero-order valence-electron chi connectivity index (χ0n) is 26.8. The van der Waals surface area contributed by atoms with Crippen molar-refractivity contribution in [1.29, 1.82) is 5.26 Å². The van der Waals surface area contributed by atoms with E-state index in [1.165, 1.54) is 13.3 Å². The first-order valence-electron chi connectivity index (χ1n) is 15.2. The second-order valence-corrected chi connectivity index (χ2v) is 12.1. The highest BCUT2D eigenvalue weighted by Crippen LogP contribution is 2.58. The van der Waals surface area contributed by atoms with Crippen LogP contribution in [0, 0.1) is 25.2 Å². The van der Waals surface area contributed by atoms with Gasteiger partial charge in [0.05, 0.1) is 46.1 Å². The van der Waals surface area contributed by atoms with Crippen molar-refractivity contribution in [2.75, 3.05) is 34.9 Å². The fourth-order valence-corrected chi connectivity index (χ4v) is 8.21. The molecule has 0 aliphatic carbocycles. The molecule has 3 aliphatic rings. The summed E-state index contributed by atoms with van der Waals surface area (Å²) in [6, 6.07) is 5.08. The summed E-state index contributed by atoms with van der Waals surface area (Å²) in [6.07, 6.45) is 2.30. The van der Waals surface area contributed by atoms with Crippen LogP contribution in [0.2, 0.25) is 0 Å². The number of amides is 1. The predicted molar refractivity (Wildman–Crippen MR) is 167 cm³/mol. The Morgan fingerprint density at radius 1 is 1.00 bits per heavy atom. The van der Waals surface area contributed by atoms with Gasteiger partial charge in [-0.25, -0.2) is 0 Å². The van der Waals surface area contributed by atoms with Gasteiger partial charge in [0.2, 0.25) is 0 Å². The largest absolute Gasteiger partial charge is 0.507 e. The Morgan fingerprint density at radius 2 is 1.65 bits per heavy atom. The number of phenols is 2. The van der Waals surface area contributed by atoms with Crippen LogP contribution in [0.15, 0.2) is 24.4 Å². The molecule has 2 bridgehead atoms. The monoisotopic (exact) mass is 629 g/mol. The lowest BCUT2D eigenvalue weighted by Gasteiger charge is -2.60. The van der Waals surface area contributed by atoms with Crippen molar-refractivity contribution < 1.29 is 34.3 Å². The summed E-state index contributed by atoms with van der Waals surface area (Å²) in [4.78, 5) is 21.6. The summed E-state index contributed by atoms with van der Waals surface area (Å²) in [7, 11) is 6.61. The van der Waals surface area contributed by atoms with Crippen molar-refractivity contribution >= 4 is 5.91 Å². The first kappa shape index (κ1) is 31.4. The van der Waals surface area contributed by atoms with E-state index in [-0.39, 0.29) is 29.8 Å². The number of nitrogens with zero attached hydrogens (tertiary/aromatic N) is 4. The number of phenolic OH excluding ortho intramolecular Hbond substituents is 1. The van der Waals surface area contributed by atoms with Gasteiger partial charge < -0.3 is 34.8 Å². The molecule has 3 aliphatic heterocycles. The number of benzene rings is 2. The van der Waals surface area contributed by atoms with E-state index in [0.29, 0.717) is 63.5 Å². The molecule has 6 rings (SSSR count). The number of nitriles is 1. The fourth-order valence-electron chi connectivity index (χ4n) is 8.21. The van der Waals surface area contributed by atoms with Gasteiger partial charge in [-0.15, -0.1) is 0 Å². The Morgan fingerprint density at radius 3 is 2.26 bits per heavy atom. The summed E-state index contributed by atoms with van der Waals surface area (Å²) in [6.45, 7) is 3.24. The first-order valence-corrected chi connectivity index (χ1v) is 15.2. The van der Waals surface area contributed by atoms with Crippen LogP contribution in [0.25, 0.3) is 0 Å². The SMILES string of the molecule is COc1c(C)c(OC)c2c(c1O)[C@H]1[C@@H]3Cc4c(OC)c(C)c(CO)c(O)c4[C@H](CNC(=O)c4ccccn4)N3[C@@H](C#N)[C@H](C2)N1C. The normalized spacial score (nSPS) is 23.4. The molecule has 0 spiro atoms. The summed E-state index contributed by atoms with van der Waals surface area (Å²) in [5.41, 5.74) is 4.55. The number of aliphatic hydroxyl groups is 1. The summed E-state index contributed by atoms with van der Waals surface area (Å²) in [5.74, 6) is 0.997. The standard InChI is InChI=1S/C34H39N5O7/c1-16-20(15-40)29(41)26-18(31(16)44-4)12-23-28-27-19(32(45-5)17(2)33(46-6)30(27)42)11-22(38(28)3)24(13-35)39(23)25(26)14-37-34(43)21-9-7-8-10-36-21/h7-10,22-25,28,40-42H,11-12,14-15H2,1-6H3,(H,37,43)/t22-,23-,24-,25-,28+/m0/s1. The van der Waals surface area contributed by atoms with Gasteiger partial charge in [-0.2, -0.15) is 5.26 Å². The van der Waals surface area contributed by atoms with E-state index in [1.807, 2.05) is 14.0 Å². The highest BCUT2D eigenvalue weighted by Gasteiger charge is 2.57. The lowest BCUT2D eigenvalue weighted by Crippen LogP contribution is -2.68. The van der Waals surface area contributed by atoms with Gasteiger partial charge in [0.15, 0.2) is 11.5 Å². The zero-order chi connectivity index (χ0) is 33.0. The van der Waals surface area contributed by atoms with Crippen LogP contribution in [0.1, 0.15) is 61.5 Å². The number of ether oxygens (including phenoxy) is 3. The van der Waals surface area contributed by atoms with Crippen molar-refractivity contribution in [3.8, 4) is 34.8 Å². The van der Waals surface area contributed by atoms with Crippen LogP contribution in [0.5, 0.6) is 28.7 Å². The molecule has 242 valence electrons. The minimum atomic E-state index is -0.692. The van der Waals surface area contributed by atoms with Gasteiger partial charge in [-0.1, -0.05) is 6.07 Å². The minimum absolute atomic E-state index is 0.0221. The number of nitrogens with one attached hydrogen (secondary N) is 1. The first-order chi connectivity index (χ1) is 22.1. The van der Waals surface area contributed by atoms with E-state index in [2.05, 4.69) is 26.2 Å². The fraction of sp³-hybridized carbons (Fsp3) is 0.441. The van der Waals surface area contributed by atoms with Crippen LogP contribution in [-0.4, -0.2) is 89.1 Å². The van der Waals surface area contributed by atoms with Crippen LogP contribution in [-0.2, 0) is 19.4 Å². The number of rotatable bonds is 7. The Labute approximate surface area is 267 Å². The number of aliphatic hydroxyl groups excluding tert-OH is 1. The number of piperazine rings is 1. The number of likely N-dealkylation sites (N-methyl/N-ethyl adjacent to an activating group) is 1. The quantitative estimate of drug-likeness (QED) is 0.304. The third-order valence-corrected chi connectivity index (χ3v) is 10.2. The minimum Gasteiger partial charge on any atom is -0.507 e. The number of fused-ring (bicyclic) bond motifs is 7. The average molecular weight is 630 g/mol. The van der Waals surface area contributed by atoms with E-state index in [4.69, 9.17) is 14.2 Å². The third kappa shape index (κ3) is 4.45. The Kier molecular flexibility index (Phi) is 8.18. The zero-order valence-corrected chi connectivity index (χ0v) is 26.8. The van der Waals surface area contributed by atoms with E-state index >= 15 is 0 Å². The van der Waals surface area contributed by atoms with Crippen molar-refractivity contribution in [2.24, 2.45) is 0 Å². The molecule has 12 nitrogen and oxygen atoms in total. The van der Waals surface area contributed by atoms with E-state index < -0.39 is 36.7 Å². The van der Waals surface area contributed by atoms with Crippen LogP contribution >= 0.6 is 0 Å². The molecule has 1 saturated heterocycles. The highest BCUT2D eigenvalue weighted by atomic mass is 16.5. The Hall–Kier alpha value is -4.57. The van der Waals surface area contributed by atoms with Gasteiger partial charge in [0.1, 0.15) is 29.0 Å². The second kappa shape index (κ2) is 12.0. The number of carbonyl (C=O) groups is 1. The number of hydrogen-bond acceptors (Lipinski definition) is 11. The highest BCUT2D eigenvalue weighted by molar-refractivity contribution is 5.92. The molecular weight excluding hydrogens is 590 g/mol. The maximum atomic E-state index is 13.3. The molecule has 0 radical (unpaired) electrons. The number of methoxy groups -OCH3 is 3. The third-order valence-electron chi connectivity index (χ3n) is 10.2. The van der Waals surface area contributed by atoms with Gasteiger partial charge in [0, 0.05) is 63.8 Å². The molecule has 5 atom stereocenters.